The molecule has 1 unspecified atom stereocenters. The van der Waals surface area contributed by atoms with Gasteiger partial charge in [0.25, 0.3) is 5.91 Å². The molecule has 1 aliphatic rings. The van der Waals surface area contributed by atoms with Gasteiger partial charge in [-0.3, -0.25) is 9.59 Å². The fraction of sp³-hybridized carbons (Fsp3) is 0.643. The van der Waals surface area contributed by atoms with Crippen molar-refractivity contribution in [1.29, 1.82) is 0 Å². The Morgan fingerprint density at radius 3 is 2.54 bits per heavy atom. The van der Waals surface area contributed by atoms with Crippen LogP contribution in [0.15, 0.2) is 18.2 Å². The van der Waals surface area contributed by atoms with Gasteiger partial charge in [-0.15, -0.1) is 0 Å². The summed E-state index contributed by atoms with van der Waals surface area (Å²) >= 11 is 6.56. The van der Waals surface area contributed by atoms with Gasteiger partial charge in [0.05, 0.1) is 28.0 Å². The van der Waals surface area contributed by atoms with E-state index < -0.39 is 29.6 Å². The number of aromatic nitrogens is 2. The van der Waals surface area contributed by atoms with Crippen LogP contribution >= 0.6 is 11.6 Å². The van der Waals surface area contributed by atoms with E-state index in [0.717, 1.165) is 12.8 Å². The van der Waals surface area contributed by atoms with Crippen molar-refractivity contribution in [3.63, 3.8) is 0 Å². The summed E-state index contributed by atoms with van der Waals surface area (Å²) in [5.74, 6) is -1.82. The number of likely N-dealkylation sites (tertiary alicyclic amines) is 1. The standard InChI is InChI=1S/C28H41ClN4O6/c1-18(2)15-33(20-14-19(26(35)36)16-31(17-20)27(37)39-28(3,4)5)25(34)24-30-22-11-9-10-21(29)23(22)32(24)12-7-8-13-38-6/h9-11,18-20H,7-8,12-17H2,1-6H3,(H,35,36)/t19?,20-/m0/s1. The molecule has 39 heavy (non-hydrogen) atoms. The lowest BCUT2D eigenvalue weighted by Gasteiger charge is -2.42. The molecule has 10 nitrogen and oxygen atoms in total. The van der Waals surface area contributed by atoms with Crippen LogP contribution in [-0.2, 0) is 20.8 Å². The molecule has 1 fully saturated rings. The van der Waals surface area contributed by atoms with Crippen molar-refractivity contribution in [1.82, 2.24) is 19.4 Å². The second-order valence-corrected chi connectivity index (χ2v) is 12.0. The maximum Gasteiger partial charge on any atom is 0.410 e. The average Bonchev–Trinajstić information content (AvgIpc) is 3.23. The molecule has 11 heteroatoms. The molecule has 1 aromatic carbocycles. The van der Waals surface area contributed by atoms with Crippen molar-refractivity contribution in [2.75, 3.05) is 33.4 Å². The number of methoxy groups -OCH3 is 1. The fourth-order valence-corrected chi connectivity index (χ4v) is 5.18. The molecular formula is C28H41ClN4O6. The summed E-state index contributed by atoms with van der Waals surface area (Å²) in [6.45, 7) is 11.0. The van der Waals surface area contributed by atoms with Crippen LogP contribution in [0.5, 0.6) is 0 Å². The van der Waals surface area contributed by atoms with Gasteiger partial charge in [-0.05, 0) is 58.1 Å². The van der Waals surface area contributed by atoms with E-state index in [9.17, 15) is 19.5 Å². The van der Waals surface area contributed by atoms with Crippen molar-refractivity contribution in [3.05, 3.63) is 29.0 Å². The molecule has 0 spiro atoms. The maximum atomic E-state index is 14.2. The Morgan fingerprint density at radius 1 is 1.21 bits per heavy atom. The molecule has 0 bridgehead atoms. The first kappa shape index (κ1) is 30.7. The number of para-hydroxylation sites is 1. The van der Waals surface area contributed by atoms with Crippen LogP contribution in [0.2, 0.25) is 5.02 Å². The lowest BCUT2D eigenvalue weighted by atomic mass is 9.92. The first-order valence-corrected chi connectivity index (χ1v) is 13.9. The first-order chi connectivity index (χ1) is 18.3. The largest absolute Gasteiger partial charge is 0.481 e. The fourth-order valence-electron chi connectivity index (χ4n) is 4.91. The third-order valence-electron chi connectivity index (χ3n) is 6.58. The van der Waals surface area contributed by atoms with E-state index in [1.165, 1.54) is 4.90 Å². The number of benzene rings is 1. The number of piperidine rings is 1. The van der Waals surface area contributed by atoms with Gasteiger partial charge < -0.3 is 28.9 Å². The Labute approximate surface area is 235 Å². The smallest absolute Gasteiger partial charge is 0.410 e. The van der Waals surface area contributed by atoms with Crippen LogP contribution in [0, 0.1) is 11.8 Å². The second kappa shape index (κ2) is 13.0. The van der Waals surface area contributed by atoms with Gasteiger partial charge in [0.15, 0.2) is 5.82 Å². The number of hydrogen-bond donors (Lipinski definition) is 1. The third kappa shape index (κ3) is 7.85. The Balaban J connectivity index is 2.01. The molecule has 2 heterocycles. The lowest BCUT2D eigenvalue weighted by Crippen LogP contribution is -2.57. The molecule has 1 saturated heterocycles. The minimum atomic E-state index is -1.01. The van der Waals surface area contributed by atoms with E-state index in [2.05, 4.69) is 4.98 Å². The number of imidazole rings is 1. The number of fused-ring (bicyclic) bond motifs is 1. The highest BCUT2D eigenvalue weighted by Gasteiger charge is 2.40. The van der Waals surface area contributed by atoms with Gasteiger partial charge in [0, 0.05) is 39.9 Å². The molecule has 216 valence electrons. The Kier molecular flexibility index (Phi) is 10.2. The SMILES string of the molecule is COCCCCn1c(C(=O)N(CC(C)C)[C@H]2CC(C(=O)O)CN(C(=O)OC(C)(C)C)C2)nc2cccc(Cl)c21. The average molecular weight is 565 g/mol. The summed E-state index contributed by atoms with van der Waals surface area (Å²) in [5, 5.41) is 10.4. The summed E-state index contributed by atoms with van der Waals surface area (Å²) in [4.78, 5) is 47.1. The molecular weight excluding hydrogens is 524 g/mol. The molecule has 1 aliphatic heterocycles. The predicted molar refractivity (Wildman–Crippen MR) is 149 cm³/mol. The number of carbonyl (C=O) groups excluding carboxylic acids is 2. The number of hydrogen-bond acceptors (Lipinski definition) is 6. The van der Waals surface area contributed by atoms with Gasteiger partial charge >= 0.3 is 12.1 Å². The molecule has 1 N–H and O–H groups in total. The molecule has 0 saturated carbocycles. The Morgan fingerprint density at radius 2 is 1.92 bits per heavy atom. The molecule has 0 radical (unpaired) electrons. The second-order valence-electron chi connectivity index (χ2n) is 11.6. The van der Waals surface area contributed by atoms with Gasteiger partial charge in [0.1, 0.15) is 5.60 Å². The number of carboxylic acid groups (broad SMARTS) is 1. The summed E-state index contributed by atoms with van der Waals surface area (Å²) in [5.41, 5.74) is 0.569. The first-order valence-electron chi connectivity index (χ1n) is 13.5. The highest BCUT2D eigenvalue weighted by molar-refractivity contribution is 6.35. The molecule has 0 aliphatic carbocycles. The van der Waals surface area contributed by atoms with Crippen molar-refractivity contribution in [3.8, 4) is 0 Å². The number of amides is 2. The topological polar surface area (TPSA) is 114 Å². The zero-order chi connectivity index (χ0) is 28.9. The number of ether oxygens (including phenoxy) is 2. The number of rotatable bonds is 10. The van der Waals surface area contributed by atoms with Gasteiger partial charge in [-0.1, -0.05) is 31.5 Å². The number of unbranched alkanes of at least 4 members (excludes halogenated alkanes) is 1. The van der Waals surface area contributed by atoms with Gasteiger partial charge in [-0.25, -0.2) is 9.78 Å². The molecule has 2 amide bonds. The number of carbonyl (C=O) groups is 3. The Hall–Kier alpha value is -2.85. The van der Waals surface area contributed by atoms with Gasteiger partial charge in [-0.2, -0.15) is 0 Å². The molecule has 2 atom stereocenters. The number of aryl methyl sites for hydroxylation is 1. The summed E-state index contributed by atoms with van der Waals surface area (Å²) in [6.07, 6.45) is 1.19. The van der Waals surface area contributed by atoms with Crippen LogP contribution in [0.4, 0.5) is 4.79 Å². The van der Waals surface area contributed by atoms with Crippen LogP contribution in [0.3, 0.4) is 0 Å². The number of halogens is 1. The van der Waals surface area contributed by atoms with Crippen molar-refractivity contribution >= 4 is 40.6 Å². The normalized spacial score (nSPS) is 18.0. The van der Waals surface area contributed by atoms with E-state index >= 15 is 0 Å². The summed E-state index contributed by atoms with van der Waals surface area (Å²) in [7, 11) is 1.65. The number of carboxylic acids is 1. The molecule has 3 rings (SSSR count). The zero-order valence-electron chi connectivity index (χ0n) is 23.8. The van der Waals surface area contributed by atoms with E-state index in [0.29, 0.717) is 35.8 Å². The third-order valence-corrected chi connectivity index (χ3v) is 6.89. The van der Waals surface area contributed by atoms with Crippen molar-refractivity contribution < 1.29 is 29.0 Å². The van der Waals surface area contributed by atoms with Crippen LogP contribution < -0.4 is 0 Å². The summed E-state index contributed by atoms with van der Waals surface area (Å²) in [6, 6.07) is 4.86. The van der Waals surface area contributed by atoms with Crippen LogP contribution in [-0.4, -0.2) is 87.4 Å². The van der Waals surface area contributed by atoms with E-state index in [1.54, 1.807) is 44.9 Å². The van der Waals surface area contributed by atoms with Crippen molar-refractivity contribution in [2.24, 2.45) is 11.8 Å². The van der Waals surface area contributed by atoms with E-state index in [-0.39, 0.29) is 37.2 Å². The van der Waals surface area contributed by atoms with Crippen molar-refractivity contribution in [2.45, 2.75) is 72.1 Å². The lowest BCUT2D eigenvalue weighted by molar-refractivity contribution is -0.144. The minimum Gasteiger partial charge on any atom is -0.481 e. The Bertz CT molecular complexity index is 1170. The van der Waals surface area contributed by atoms with E-state index in [4.69, 9.17) is 21.1 Å². The molecule has 2 aromatic rings. The van der Waals surface area contributed by atoms with Crippen LogP contribution in [0.1, 0.15) is 64.5 Å². The monoisotopic (exact) mass is 564 g/mol. The minimum absolute atomic E-state index is 0.0259. The quantitative estimate of drug-likeness (QED) is 0.407. The zero-order valence-corrected chi connectivity index (χ0v) is 24.5. The highest BCUT2D eigenvalue weighted by Crippen LogP contribution is 2.29. The van der Waals surface area contributed by atoms with E-state index in [1.807, 2.05) is 24.5 Å². The number of aliphatic carboxylic acids is 1. The van der Waals surface area contributed by atoms with Crippen LogP contribution in [0.25, 0.3) is 11.0 Å². The predicted octanol–water partition coefficient (Wildman–Crippen LogP) is 4.92. The van der Waals surface area contributed by atoms with Gasteiger partial charge in [0.2, 0.25) is 0 Å². The maximum absolute atomic E-state index is 14.2. The molecule has 1 aromatic heterocycles. The summed E-state index contributed by atoms with van der Waals surface area (Å²) < 4.78 is 12.6. The highest BCUT2D eigenvalue weighted by atomic mass is 35.5. The number of nitrogens with zero attached hydrogens (tertiary/aromatic N) is 4.